The van der Waals surface area contributed by atoms with Gasteiger partial charge in [0, 0.05) is 12.3 Å². The number of primary amides is 1. The maximum absolute atomic E-state index is 11.2. The highest BCUT2D eigenvalue weighted by molar-refractivity contribution is 5.88. The monoisotopic (exact) mass is 275 g/mol. The number of aryl methyl sites for hydroxylation is 1. The van der Waals surface area contributed by atoms with Crippen LogP contribution >= 0.6 is 0 Å². The Morgan fingerprint density at radius 1 is 1.50 bits per heavy atom. The number of carbonyl (C=O) groups is 1. The molecule has 0 aliphatic heterocycles. The van der Waals surface area contributed by atoms with Gasteiger partial charge in [0.1, 0.15) is 5.82 Å². The maximum Gasteiger partial charge on any atom is 0.320 e. The third-order valence-corrected chi connectivity index (χ3v) is 3.15. The van der Waals surface area contributed by atoms with Gasteiger partial charge in [0.2, 0.25) is 5.82 Å². The Labute approximate surface area is 117 Å². The lowest BCUT2D eigenvalue weighted by Gasteiger charge is -2.06. The average Bonchev–Trinajstić information content (AvgIpc) is 3.21. The number of hydrogen-bond acceptors (Lipinski definition) is 6. The molecule has 2 rings (SSSR count). The van der Waals surface area contributed by atoms with Crippen LogP contribution in [-0.2, 0) is 6.42 Å². The zero-order valence-corrected chi connectivity index (χ0v) is 11.4. The van der Waals surface area contributed by atoms with Crippen molar-refractivity contribution in [2.75, 3.05) is 6.61 Å². The van der Waals surface area contributed by atoms with E-state index >= 15 is 0 Å². The predicted octanol–water partition coefficient (Wildman–Crippen LogP) is 0.852. The Morgan fingerprint density at radius 2 is 2.30 bits per heavy atom. The Hall–Kier alpha value is -2.23. The molecule has 1 aliphatic carbocycles. The molecular formula is C13H17N5O2. The Kier molecular flexibility index (Phi) is 4.45. The summed E-state index contributed by atoms with van der Waals surface area (Å²) in [5.74, 6) is 0.0308. The summed E-state index contributed by atoms with van der Waals surface area (Å²) in [4.78, 5) is 23.3. The molecule has 7 nitrogen and oxygen atoms in total. The van der Waals surface area contributed by atoms with Gasteiger partial charge in [-0.25, -0.2) is 4.98 Å². The number of aromatic nitrogens is 3. The first-order chi connectivity index (χ1) is 9.63. The Bertz CT molecular complexity index is 540. The number of amides is 1. The van der Waals surface area contributed by atoms with E-state index in [4.69, 9.17) is 15.7 Å². The summed E-state index contributed by atoms with van der Waals surface area (Å²) in [5, 5.41) is 8.72. The third-order valence-electron chi connectivity index (χ3n) is 3.15. The van der Waals surface area contributed by atoms with E-state index < -0.39 is 5.91 Å². The number of nitrogens with zero attached hydrogens (tertiary/aromatic N) is 4. The van der Waals surface area contributed by atoms with Crippen molar-refractivity contribution in [3.05, 3.63) is 11.6 Å². The first-order valence-corrected chi connectivity index (χ1v) is 6.71. The maximum atomic E-state index is 11.2. The molecule has 1 aliphatic rings. The lowest BCUT2D eigenvalue weighted by atomic mass is 10.2. The summed E-state index contributed by atoms with van der Waals surface area (Å²) < 4.78 is 5.45. The molecule has 0 saturated heterocycles. The van der Waals surface area contributed by atoms with Crippen molar-refractivity contribution < 1.29 is 9.53 Å². The number of rotatable bonds is 7. The molecule has 1 fully saturated rings. The van der Waals surface area contributed by atoms with E-state index in [-0.39, 0.29) is 23.7 Å². The number of unbranched alkanes of at least 4 members (excludes halogenated alkanes) is 1. The van der Waals surface area contributed by atoms with Gasteiger partial charge in [0.25, 0.3) is 5.91 Å². The second kappa shape index (κ2) is 6.28. The van der Waals surface area contributed by atoms with Gasteiger partial charge < -0.3 is 10.5 Å². The van der Waals surface area contributed by atoms with Crippen LogP contribution in [0, 0.1) is 23.2 Å². The number of carbonyl (C=O) groups excluding carboxylic acids is 1. The molecule has 106 valence electrons. The smallest absolute Gasteiger partial charge is 0.320 e. The molecule has 1 saturated carbocycles. The first-order valence-electron chi connectivity index (χ1n) is 6.71. The summed E-state index contributed by atoms with van der Waals surface area (Å²) in [5.41, 5.74) is 5.20. The molecule has 1 heterocycles. The fraction of sp³-hybridized carbons (Fsp3) is 0.615. The number of ether oxygens (including phenoxy) is 1. The van der Waals surface area contributed by atoms with Crippen molar-refractivity contribution in [2.45, 2.75) is 32.6 Å². The lowest BCUT2D eigenvalue weighted by Crippen LogP contribution is -2.18. The van der Waals surface area contributed by atoms with Crippen molar-refractivity contribution >= 4 is 5.91 Å². The van der Waals surface area contributed by atoms with Gasteiger partial charge in [-0.2, -0.15) is 15.2 Å². The zero-order valence-electron chi connectivity index (χ0n) is 11.4. The molecule has 2 atom stereocenters. The fourth-order valence-corrected chi connectivity index (χ4v) is 1.79. The van der Waals surface area contributed by atoms with Gasteiger partial charge in [-0.1, -0.05) is 13.3 Å². The highest BCUT2D eigenvalue weighted by atomic mass is 16.5. The normalized spacial score (nSPS) is 20.2. The molecule has 20 heavy (non-hydrogen) atoms. The van der Waals surface area contributed by atoms with E-state index in [1.54, 1.807) is 0 Å². The largest absolute Gasteiger partial charge is 0.463 e. The van der Waals surface area contributed by atoms with Gasteiger partial charge in [0.05, 0.1) is 18.6 Å². The van der Waals surface area contributed by atoms with E-state index in [1.807, 2.05) is 0 Å². The Morgan fingerprint density at radius 3 is 2.90 bits per heavy atom. The topological polar surface area (TPSA) is 115 Å². The molecule has 0 unspecified atom stereocenters. The van der Waals surface area contributed by atoms with E-state index in [1.165, 1.54) is 0 Å². The summed E-state index contributed by atoms with van der Waals surface area (Å²) >= 11 is 0. The van der Waals surface area contributed by atoms with Crippen LogP contribution in [-0.4, -0.2) is 27.5 Å². The second-order valence-electron chi connectivity index (χ2n) is 4.87. The summed E-state index contributed by atoms with van der Waals surface area (Å²) in [6, 6.07) is 2.30. The van der Waals surface area contributed by atoms with Crippen LogP contribution in [0.3, 0.4) is 0 Å². The van der Waals surface area contributed by atoms with Crippen molar-refractivity contribution in [2.24, 2.45) is 17.6 Å². The SMILES string of the molecule is CCCCc1nc(OC[C@H]2C[C@H]2C#N)nc(C(N)=O)n1. The van der Waals surface area contributed by atoms with Crippen LogP contribution in [0.2, 0.25) is 0 Å². The molecule has 0 aromatic carbocycles. The first kappa shape index (κ1) is 14.2. The molecule has 0 bridgehead atoms. The lowest BCUT2D eigenvalue weighted by molar-refractivity contribution is 0.0987. The van der Waals surface area contributed by atoms with Crippen LogP contribution in [0.5, 0.6) is 6.01 Å². The molecular weight excluding hydrogens is 258 g/mol. The summed E-state index contributed by atoms with van der Waals surface area (Å²) in [6.45, 7) is 2.44. The number of nitrogens with two attached hydrogens (primary N) is 1. The van der Waals surface area contributed by atoms with Crippen LogP contribution < -0.4 is 10.5 Å². The quantitative estimate of drug-likeness (QED) is 0.788. The zero-order chi connectivity index (χ0) is 14.5. The minimum Gasteiger partial charge on any atom is -0.463 e. The van der Waals surface area contributed by atoms with Gasteiger partial charge in [-0.3, -0.25) is 4.79 Å². The van der Waals surface area contributed by atoms with Crippen molar-refractivity contribution in [1.82, 2.24) is 15.0 Å². The molecule has 0 radical (unpaired) electrons. The van der Waals surface area contributed by atoms with Crippen molar-refractivity contribution in [3.8, 4) is 12.1 Å². The molecule has 1 aromatic heterocycles. The molecule has 1 aromatic rings. The van der Waals surface area contributed by atoms with Gasteiger partial charge in [-0.15, -0.1) is 0 Å². The van der Waals surface area contributed by atoms with Crippen molar-refractivity contribution in [1.29, 1.82) is 5.26 Å². The van der Waals surface area contributed by atoms with Crippen LogP contribution in [0.1, 0.15) is 42.6 Å². The molecule has 1 amide bonds. The predicted molar refractivity (Wildman–Crippen MR) is 69.7 cm³/mol. The fourth-order valence-electron chi connectivity index (χ4n) is 1.79. The summed E-state index contributed by atoms with van der Waals surface area (Å²) in [6.07, 6.45) is 3.41. The highest BCUT2D eigenvalue weighted by Crippen LogP contribution is 2.37. The molecule has 2 N–H and O–H groups in total. The van der Waals surface area contributed by atoms with Crippen molar-refractivity contribution in [3.63, 3.8) is 0 Å². The standard InChI is InChI=1S/C13H17N5O2/c1-2-3-4-10-16-12(11(15)19)18-13(17-10)20-7-9-5-8(9)6-14/h8-9H,2-5,7H2,1H3,(H2,15,19)/t8-,9+/m0/s1. The molecule has 0 spiro atoms. The number of nitriles is 1. The van der Waals surface area contributed by atoms with Gasteiger partial charge in [-0.05, 0) is 12.8 Å². The van der Waals surface area contributed by atoms with Crippen LogP contribution in [0.25, 0.3) is 0 Å². The molecule has 7 heteroatoms. The third kappa shape index (κ3) is 3.63. The minimum atomic E-state index is -0.698. The van der Waals surface area contributed by atoms with E-state index in [0.717, 1.165) is 19.3 Å². The number of hydrogen-bond donors (Lipinski definition) is 1. The second-order valence-corrected chi connectivity index (χ2v) is 4.87. The van der Waals surface area contributed by atoms with E-state index in [9.17, 15) is 4.79 Å². The minimum absolute atomic E-state index is 0.0620. The van der Waals surface area contributed by atoms with Crippen LogP contribution in [0.4, 0.5) is 0 Å². The summed E-state index contributed by atoms with van der Waals surface area (Å²) in [7, 11) is 0. The van der Waals surface area contributed by atoms with E-state index in [2.05, 4.69) is 27.9 Å². The Balaban J connectivity index is 2.04. The van der Waals surface area contributed by atoms with Gasteiger partial charge >= 0.3 is 6.01 Å². The average molecular weight is 275 g/mol. The highest BCUT2D eigenvalue weighted by Gasteiger charge is 2.38. The van der Waals surface area contributed by atoms with Gasteiger partial charge in [0.15, 0.2) is 0 Å². The van der Waals surface area contributed by atoms with Crippen LogP contribution in [0.15, 0.2) is 0 Å². The van der Waals surface area contributed by atoms with E-state index in [0.29, 0.717) is 18.9 Å².